The van der Waals surface area contributed by atoms with Gasteiger partial charge in [-0.15, -0.1) is 0 Å². The molecule has 1 heterocycles. The molecule has 0 atom stereocenters. The topological polar surface area (TPSA) is 46.3 Å². The van der Waals surface area contributed by atoms with Gasteiger partial charge in [-0.05, 0) is 50.3 Å². The number of carbonyl (C=O) groups excluding carboxylic acids is 1. The molecule has 3 nitrogen and oxygen atoms in total. The molecule has 0 unspecified atom stereocenters. The number of nitrogens with two attached hydrogens (primary N) is 1. The van der Waals surface area contributed by atoms with Gasteiger partial charge in [0, 0.05) is 36.0 Å². The zero-order valence-electron chi connectivity index (χ0n) is 14.4. The Balaban J connectivity index is 2.24. The predicted octanol–water partition coefficient (Wildman–Crippen LogP) is 3.79. The Hall–Kier alpha value is -1.77. The van der Waals surface area contributed by atoms with Crippen LogP contribution in [0.5, 0.6) is 0 Å². The van der Waals surface area contributed by atoms with Crippen molar-refractivity contribution >= 4 is 11.5 Å². The number of nitrogen functional groups attached to an aromatic ring is 1. The Morgan fingerprint density at radius 2 is 1.82 bits per heavy atom. The number of benzene rings is 1. The third-order valence-electron chi connectivity index (χ3n) is 4.50. The molecule has 22 heavy (non-hydrogen) atoms. The van der Waals surface area contributed by atoms with E-state index in [4.69, 9.17) is 5.73 Å². The summed E-state index contributed by atoms with van der Waals surface area (Å²) >= 11 is 0. The molecule has 2 rings (SSSR count). The maximum absolute atomic E-state index is 12.8. The molecule has 0 saturated heterocycles. The maximum atomic E-state index is 12.8. The van der Waals surface area contributed by atoms with Crippen LogP contribution in [0.25, 0.3) is 0 Å². The lowest BCUT2D eigenvalue weighted by Crippen LogP contribution is -2.44. The molecule has 0 saturated carbocycles. The van der Waals surface area contributed by atoms with Crippen molar-refractivity contribution in [3.8, 4) is 0 Å². The fraction of sp³-hybridized carbons (Fsp3) is 0.526. The third-order valence-corrected chi connectivity index (χ3v) is 4.50. The Morgan fingerprint density at radius 1 is 1.23 bits per heavy atom. The van der Waals surface area contributed by atoms with Crippen LogP contribution in [0, 0.1) is 5.41 Å². The van der Waals surface area contributed by atoms with E-state index in [1.54, 1.807) is 0 Å². The highest BCUT2D eigenvalue weighted by Gasteiger charge is 2.35. The van der Waals surface area contributed by atoms with E-state index in [1.165, 1.54) is 0 Å². The molecule has 0 spiro atoms. The molecule has 0 aliphatic carbocycles. The standard InChI is InChI=1S/C19H28N2O/c1-18(2,3)21-11-10-19(4,5)16(13-21)17(22)12-14-6-8-15(20)9-7-14/h6-9,13H,10-12,20H2,1-5H3. The Kier molecular flexibility index (Phi) is 4.37. The van der Waals surface area contributed by atoms with Crippen molar-refractivity contribution in [2.24, 2.45) is 5.41 Å². The van der Waals surface area contributed by atoms with E-state index in [2.05, 4.69) is 45.7 Å². The third kappa shape index (κ3) is 3.70. The van der Waals surface area contributed by atoms with Crippen molar-refractivity contribution < 1.29 is 4.79 Å². The van der Waals surface area contributed by atoms with Crippen LogP contribution >= 0.6 is 0 Å². The number of carbonyl (C=O) groups is 1. The first-order valence-corrected chi connectivity index (χ1v) is 7.96. The largest absolute Gasteiger partial charge is 0.399 e. The van der Waals surface area contributed by atoms with E-state index in [-0.39, 0.29) is 16.7 Å². The lowest BCUT2D eigenvalue weighted by atomic mass is 9.75. The number of hydrogen-bond acceptors (Lipinski definition) is 3. The highest BCUT2D eigenvalue weighted by atomic mass is 16.1. The number of hydrogen-bond donors (Lipinski definition) is 1. The molecule has 0 amide bonds. The number of ketones is 1. The van der Waals surface area contributed by atoms with Crippen LogP contribution in [0.3, 0.4) is 0 Å². The molecule has 0 fully saturated rings. The monoisotopic (exact) mass is 300 g/mol. The van der Waals surface area contributed by atoms with E-state index in [9.17, 15) is 4.79 Å². The van der Waals surface area contributed by atoms with Gasteiger partial charge in [-0.1, -0.05) is 26.0 Å². The Bertz CT molecular complexity index is 576. The van der Waals surface area contributed by atoms with Gasteiger partial charge in [0.15, 0.2) is 5.78 Å². The minimum absolute atomic E-state index is 0.0449. The van der Waals surface area contributed by atoms with Gasteiger partial charge in [0.25, 0.3) is 0 Å². The second-order valence-electron chi connectivity index (χ2n) is 7.88. The summed E-state index contributed by atoms with van der Waals surface area (Å²) in [4.78, 5) is 15.1. The second kappa shape index (κ2) is 5.79. The summed E-state index contributed by atoms with van der Waals surface area (Å²) in [6.45, 7) is 11.9. The van der Waals surface area contributed by atoms with Crippen molar-refractivity contribution in [3.05, 3.63) is 41.6 Å². The number of Topliss-reactive ketones (excluding diaryl/α,β-unsaturated/α-hetero) is 1. The Morgan fingerprint density at radius 3 is 2.36 bits per heavy atom. The minimum Gasteiger partial charge on any atom is -0.399 e. The smallest absolute Gasteiger partial charge is 0.165 e. The highest BCUT2D eigenvalue weighted by molar-refractivity contribution is 5.98. The van der Waals surface area contributed by atoms with Crippen LogP contribution in [0.4, 0.5) is 5.69 Å². The van der Waals surface area contributed by atoms with Gasteiger partial charge in [-0.2, -0.15) is 0 Å². The number of anilines is 1. The van der Waals surface area contributed by atoms with Crippen molar-refractivity contribution in [1.29, 1.82) is 0 Å². The maximum Gasteiger partial charge on any atom is 0.165 e. The SMILES string of the molecule is CC1(C)CCN(C(C)(C)C)C=C1C(=O)Cc1ccc(N)cc1. The van der Waals surface area contributed by atoms with Crippen LogP contribution in [0.15, 0.2) is 36.0 Å². The van der Waals surface area contributed by atoms with Crippen LogP contribution < -0.4 is 5.73 Å². The fourth-order valence-corrected chi connectivity index (χ4v) is 2.82. The lowest BCUT2D eigenvalue weighted by Gasteiger charge is -2.43. The van der Waals surface area contributed by atoms with E-state index in [1.807, 2.05) is 24.3 Å². The minimum atomic E-state index is -0.0629. The summed E-state index contributed by atoms with van der Waals surface area (Å²) in [5.74, 6) is 0.212. The van der Waals surface area contributed by atoms with Crippen molar-refractivity contribution in [1.82, 2.24) is 4.90 Å². The summed E-state index contributed by atoms with van der Waals surface area (Å²) in [7, 11) is 0. The summed E-state index contributed by atoms with van der Waals surface area (Å²) in [6.07, 6.45) is 3.53. The highest BCUT2D eigenvalue weighted by Crippen LogP contribution is 2.37. The average molecular weight is 300 g/mol. The van der Waals surface area contributed by atoms with Crippen molar-refractivity contribution in [2.75, 3.05) is 12.3 Å². The van der Waals surface area contributed by atoms with Gasteiger partial charge in [-0.25, -0.2) is 0 Å². The van der Waals surface area contributed by atoms with Crippen LogP contribution in [-0.4, -0.2) is 22.8 Å². The van der Waals surface area contributed by atoms with Crippen molar-refractivity contribution in [2.45, 2.75) is 53.0 Å². The lowest BCUT2D eigenvalue weighted by molar-refractivity contribution is -0.116. The van der Waals surface area contributed by atoms with Crippen LogP contribution in [0.2, 0.25) is 0 Å². The normalized spacial score (nSPS) is 18.0. The van der Waals surface area contributed by atoms with E-state index in [0.29, 0.717) is 6.42 Å². The molecule has 0 aromatic heterocycles. The summed E-state index contributed by atoms with van der Waals surface area (Å²) in [6, 6.07) is 7.57. The van der Waals surface area contributed by atoms with Crippen LogP contribution in [-0.2, 0) is 11.2 Å². The van der Waals surface area contributed by atoms with Gasteiger partial charge in [0.1, 0.15) is 0 Å². The molecule has 1 aliphatic heterocycles. The molecule has 120 valence electrons. The molecule has 1 aromatic rings. The van der Waals surface area contributed by atoms with E-state index >= 15 is 0 Å². The van der Waals surface area contributed by atoms with Gasteiger partial charge >= 0.3 is 0 Å². The first kappa shape index (κ1) is 16.6. The van der Waals surface area contributed by atoms with Gasteiger partial charge in [-0.3, -0.25) is 4.79 Å². The molecular weight excluding hydrogens is 272 g/mol. The predicted molar refractivity (Wildman–Crippen MR) is 92.5 cm³/mol. The Labute approximate surface area is 134 Å². The number of rotatable bonds is 3. The van der Waals surface area contributed by atoms with Gasteiger partial charge in [0.05, 0.1) is 0 Å². The quantitative estimate of drug-likeness (QED) is 0.864. The second-order valence-corrected chi connectivity index (χ2v) is 7.88. The van der Waals surface area contributed by atoms with Gasteiger partial charge in [0.2, 0.25) is 0 Å². The molecular formula is C19H28N2O. The number of allylic oxidation sites excluding steroid dienone is 1. The first-order chi connectivity index (χ1) is 10.1. The molecule has 3 heteroatoms. The summed E-state index contributed by atoms with van der Waals surface area (Å²) in [5.41, 5.74) is 8.37. The first-order valence-electron chi connectivity index (χ1n) is 7.96. The number of nitrogens with zero attached hydrogens (tertiary/aromatic N) is 1. The van der Waals surface area contributed by atoms with Crippen LogP contribution in [0.1, 0.15) is 46.6 Å². The van der Waals surface area contributed by atoms with E-state index in [0.717, 1.165) is 29.8 Å². The fourth-order valence-electron chi connectivity index (χ4n) is 2.82. The van der Waals surface area contributed by atoms with Crippen molar-refractivity contribution in [3.63, 3.8) is 0 Å². The molecule has 0 bridgehead atoms. The summed E-state index contributed by atoms with van der Waals surface area (Å²) < 4.78 is 0. The van der Waals surface area contributed by atoms with Gasteiger partial charge < -0.3 is 10.6 Å². The summed E-state index contributed by atoms with van der Waals surface area (Å²) in [5, 5.41) is 0. The zero-order chi connectivity index (χ0) is 16.5. The molecule has 2 N–H and O–H groups in total. The van der Waals surface area contributed by atoms with E-state index < -0.39 is 0 Å². The molecule has 0 radical (unpaired) electrons. The molecule has 1 aromatic carbocycles. The zero-order valence-corrected chi connectivity index (χ0v) is 14.4. The molecule has 1 aliphatic rings. The average Bonchev–Trinajstić information content (AvgIpc) is 2.39.